The van der Waals surface area contributed by atoms with Crippen molar-refractivity contribution in [2.75, 3.05) is 11.9 Å². The monoisotopic (exact) mass is 441 g/mol. The number of nitrogens with one attached hydrogen (secondary N) is 2. The van der Waals surface area contributed by atoms with Crippen LogP contribution in [-0.4, -0.2) is 23.4 Å². The Morgan fingerprint density at radius 3 is 2.83 bits per heavy atom. The molecule has 0 radical (unpaired) electrons. The number of halogens is 1. The highest BCUT2D eigenvalue weighted by molar-refractivity contribution is 7.16. The van der Waals surface area contributed by atoms with Crippen LogP contribution >= 0.6 is 22.9 Å². The van der Waals surface area contributed by atoms with E-state index in [9.17, 15) is 4.79 Å². The lowest BCUT2D eigenvalue weighted by atomic mass is 10.0. The molecule has 156 valence electrons. The third-order valence-electron chi connectivity index (χ3n) is 5.96. The maximum atomic E-state index is 13.0. The second kappa shape index (κ2) is 7.45. The second-order valence-electron chi connectivity index (χ2n) is 8.24. The van der Waals surface area contributed by atoms with E-state index in [2.05, 4.69) is 29.4 Å². The van der Waals surface area contributed by atoms with Gasteiger partial charge in [0, 0.05) is 34.6 Å². The van der Waals surface area contributed by atoms with Gasteiger partial charge in [-0.05, 0) is 56.5 Å². The summed E-state index contributed by atoms with van der Waals surface area (Å²) < 4.78 is 6.08. The van der Waals surface area contributed by atoms with Crippen LogP contribution in [0.1, 0.15) is 52.1 Å². The minimum atomic E-state index is -0.388. The first-order valence-corrected chi connectivity index (χ1v) is 11.4. The Bertz CT molecular complexity index is 1130. The lowest BCUT2D eigenvalue weighted by molar-refractivity contribution is 0.0930. The number of hydrogen-bond acceptors (Lipinski definition) is 5. The lowest BCUT2D eigenvalue weighted by Crippen LogP contribution is -2.39. The van der Waals surface area contributed by atoms with Crippen molar-refractivity contribution in [3.8, 4) is 11.3 Å². The summed E-state index contributed by atoms with van der Waals surface area (Å²) in [4.78, 5) is 16.7. The minimum Gasteiger partial charge on any atom is -0.457 e. The van der Waals surface area contributed by atoms with Crippen molar-refractivity contribution in [1.29, 1.82) is 0 Å². The topological polar surface area (TPSA) is 57.5 Å². The Kier molecular flexibility index (Phi) is 4.88. The van der Waals surface area contributed by atoms with Crippen LogP contribution in [0.5, 0.6) is 0 Å². The van der Waals surface area contributed by atoms with Crippen LogP contribution in [0.3, 0.4) is 0 Å². The van der Waals surface area contributed by atoms with Crippen LogP contribution in [0.4, 0.5) is 5.00 Å². The number of carbonyl (C=O) groups excluding carboxylic acids is 1. The van der Waals surface area contributed by atoms with Crippen LogP contribution in [0, 0.1) is 6.92 Å². The molecular weight excluding hydrogens is 418 g/mol. The summed E-state index contributed by atoms with van der Waals surface area (Å²) in [5.41, 5.74) is 3.95. The molecule has 2 N–H and O–H groups in total. The average Bonchev–Trinajstić information content (AvgIpc) is 3.34. The van der Waals surface area contributed by atoms with Gasteiger partial charge in [-0.2, -0.15) is 0 Å². The molecule has 7 heteroatoms. The van der Waals surface area contributed by atoms with Crippen LogP contribution < -0.4 is 10.6 Å². The Morgan fingerprint density at radius 1 is 1.23 bits per heavy atom. The highest BCUT2D eigenvalue weighted by atomic mass is 35.5. The zero-order valence-electron chi connectivity index (χ0n) is 17.2. The van der Waals surface area contributed by atoms with Gasteiger partial charge in [-0.3, -0.25) is 9.69 Å². The van der Waals surface area contributed by atoms with Gasteiger partial charge in [0.1, 0.15) is 16.5 Å². The maximum absolute atomic E-state index is 13.0. The van der Waals surface area contributed by atoms with Crippen LogP contribution in [0.15, 0.2) is 34.7 Å². The Morgan fingerprint density at radius 2 is 2.07 bits per heavy atom. The number of benzene rings is 1. The summed E-state index contributed by atoms with van der Waals surface area (Å²) in [5.74, 6) is 1.38. The lowest BCUT2D eigenvalue weighted by Gasteiger charge is -2.30. The molecule has 2 aliphatic heterocycles. The number of anilines is 1. The van der Waals surface area contributed by atoms with E-state index >= 15 is 0 Å². The van der Waals surface area contributed by atoms with Gasteiger partial charge >= 0.3 is 0 Å². The van der Waals surface area contributed by atoms with E-state index < -0.39 is 0 Å². The number of carbonyl (C=O) groups is 1. The van der Waals surface area contributed by atoms with Gasteiger partial charge in [0.25, 0.3) is 5.91 Å². The molecule has 1 unspecified atom stereocenters. The average molecular weight is 442 g/mol. The Labute approximate surface area is 185 Å². The normalized spacial score (nSPS) is 18.7. The highest BCUT2D eigenvalue weighted by Gasteiger charge is 2.34. The maximum Gasteiger partial charge on any atom is 0.256 e. The molecule has 0 aliphatic carbocycles. The SMILES string of the molecule is Cc1ccc(-c2ccc(C3NC(=O)c4c(sc5c4CCN(C(C)C)C5)N3)o2)cc1Cl. The summed E-state index contributed by atoms with van der Waals surface area (Å²) in [5, 5.41) is 8.19. The predicted molar refractivity (Wildman–Crippen MR) is 121 cm³/mol. The number of thiophene rings is 1. The molecule has 1 amide bonds. The van der Waals surface area contributed by atoms with Gasteiger partial charge in [0.15, 0.2) is 6.17 Å². The molecule has 0 saturated carbocycles. The van der Waals surface area contributed by atoms with Crippen molar-refractivity contribution in [3.05, 3.63) is 62.7 Å². The van der Waals surface area contributed by atoms with Crippen molar-refractivity contribution in [3.63, 3.8) is 0 Å². The molecule has 30 heavy (non-hydrogen) atoms. The van der Waals surface area contributed by atoms with Crippen molar-refractivity contribution >= 4 is 33.8 Å². The van der Waals surface area contributed by atoms with Crippen molar-refractivity contribution in [2.45, 2.75) is 45.9 Å². The van der Waals surface area contributed by atoms with E-state index in [0.717, 1.165) is 47.0 Å². The van der Waals surface area contributed by atoms with E-state index in [1.165, 1.54) is 10.4 Å². The molecule has 0 spiro atoms. The van der Waals surface area contributed by atoms with Gasteiger partial charge in [-0.25, -0.2) is 0 Å². The highest BCUT2D eigenvalue weighted by Crippen LogP contribution is 2.41. The van der Waals surface area contributed by atoms with Gasteiger partial charge in [-0.15, -0.1) is 11.3 Å². The minimum absolute atomic E-state index is 0.0272. The number of fused-ring (bicyclic) bond motifs is 3. The third kappa shape index (κ3) is 3.33. The second-order valence-corrected chi connectivity index (χ2v) is 9.75. The molecule has 5 rings (SSSR count). The van der Waals surface area contributed by atoms with E-state index in [-0.39, 0.29) is 12.1 Å². The van der Waals surface area contributed by atoms with Crippen molar-refractivity contribution in [1.82, 2.24) is 10.2 Å². The van der Waals surface area contributed by atoms with Gasteiger partial charge in [0.05, 0.1) is 5.56 Å². The zero-order chi connectivity index (χ0) is 21.0. The molecule has 4 heterocycles. The smallest absolute Gasteiger partial charge is 0.256 e. The Hall–Kier alpha value is -2.28. The molecule has 5 nitrogen and oxygen atoms in total. The molecule has 1 atom stereocenters. The fourth-order valence-corrected chi connectivity index (χ4v) is 5.61. The molecule has 2 aromatic heterocycles. The molecule has 0 fully saturated rings. The van der Waals surface area contributed by atoms with E-state index in [4.69, 9.17) is 16.0 Å². The quantitative estimate of drug-likeness (QED) is 0.556. The molecular formula is C23H24ClN3O2S. The number of furan rings is 1. The summed E-state index contributed by atoms with van der Waals surface area (Å²) in [6.45, 7) is 8.30. The first kappa shape index (κ1) is 19.7. The number of rotatable bonds is 3. The summed E-state index contributed by atoms with van der Waals surface area (Å²) in [7, 11) is 0. The van der Waals surface area contributed by atoms with Crippen LogP contribution in [-0.2, 0) is 13.0 Å². The molecule has 2 aliphatic rings. The van der Waals surface area contributed by atoms with Crippen molar-refractivity contribution in [2.24, 2.45) is 0 Å². The van der Waals surface area contributed by atoms with Crippen LogP contribution in [0.2, 0.25) is 5.02 Å². The molecule has 0 saturated heterocycles. The summed E-state index contributed by atoms with van der Waals surface area (Å²) >= 11 is 7.96. The standard InChI is InChI=1S/C23H24ClN3O2S/c1-12(2)27-9-8-15-19(11-27)30-23-20(15)22(28)25-21(26-23)18-7-6-17(29-18)14-5-4-13(3)16(24)10-14/h4-7,10,12,21,26H,8-9,11H2,1-3H3,(H,25,28). The number of amides is 1. The number of aryl methyl sites for hydroxylation is 1. The largest absolute Gasteiger partial charge is 0.457 e. The molecule has 3 aromatic rings. The molecule has 1 aromatic carbocycles. The van der Waals surface area contributed by atoms with Crippen molar-refractivity contribution < 1.29 is 9.21 Å². The fourth-order valence-electron chi connectivity index (χ4n) is 4.13. The first-order valence-electron chi connectivity index (χ1n) is 10.2. The van der Waals surface area contributed by atoms with Gasteiger partial charge in [0.2, 0.25) is 0 Å². The summed E-state index contributed by atoms with van der Waals surface area (Å²) in [6, 6.07) is 10.2. The first-order chi connectivity index (χ1) is 14.4. The van der Waals surface area contributed by atoms with E-state index in [1.807, 2.05) is 37.3 Å². The van der Waals surface area contributed by atoms with Gasteiger partial charge in [-0.1, -0.05) is 23.7 Å². The fraction of sp³-hybridized carbons (Fsp3) is 0.348. The third-order valence-corrected chi connectivity index (χ3v) is 7.52. The number of hydrogen-bond donors (Lipinski definition) is 2. The van der Waals surface area contributed by atoms with E-state index in [1.54, 1.807) is 11.3 Å². The van der Waals surface area contributed by atoms with Gasteiger partial charge < -0.3 is 15.1 Å². The Balaban J connectivity index is 1.41. The predicted octanol–water partition coefficient (Wildman–Crippen LogP) is 5.59. The van der Waals surface area contributed by atoms with Crippen LogP contribution in [0.25, 0.3) is 11.3 Å². The van der Waals surface area contributed by atoms with E-state index in [0.29, 0.717) is 16.8 Å². The molecule has 0 bridgehead atoms. The summed E-state index contributed by atoms with van der Waals surface area (Å²) in [6.07, 6.45) is 0.527. The zero-order valence-corrected chi connectivity index (χ0v) is 18.8. The number of nitrogens with zero attached hydrogens (tertiary/aromatic N) is 1.